The summed E-state index contributed by atoms with van der Waals surface area (Å²) in [7, 11) is 0. The number of carbonyl (C=O) groups excluding carboxylic acids is 2. The lowest BCUT2D eigenvalue weighted by Crippen LogP contribution is -2.36. The molecule has 1 atom stereocenters. The van der Waals surface area contributed by atoms with Gasteiger partial charge in [0.05, 0.1) is 11.1 Å². The minimum Gasteiger partial charge on any atom is -0.484 e. The fraction of sp³-hybridized carbons (Fsp3) is 0.300. The highest BCUT2D eigenvalue weighted by Gasteiger charge is 2.31. The number of halogens is 5. The van der Waals surface area contributed by atoms with Crippen molar-refractivity contribution >= 4 is 23.4 Å². The lowest BCUT2D eigenvalue weighted by atomic mass is 10.2. The number of rotatable bonds is 10. The SMILES string of the molecule is O=C(COc1ccc(OC(F)(F)F)cc1)NCC[C@H](O)CNC(=O)c1ccc(Cl)c(F)c1. The van der Waals surface area contributed by atoms with Crippen molar-refractivity contribution < 1.29 is 41.7 Å². The van der Waals surface area contributed by atoms with Crippen molar-refractivity contribution in [3.05, 3.63) is 58.9 Å². The van der Waals surface area contributed by atoms with Crippen LogP contribution in [-0.4, -0.2) is 49.1 Å². The Morgan fingerprint density at radius 2 is 1.72 bits per heavy atom. The first-order chi connectivity index (χ1) is 15.0. The zero-order valence-corrected chi connectivity index (χ0v) is 17.2. The van der Waals surface area contributed by atoms with E-state index in [1.165, 1.54) is 24.3 Å². The van der Waals surface area contributed by atoms with Gasteiger partial charge in [-0.1, -0.05) is 11.6 Å². The number of alkyl halides is 3. The molecule has 3 N–H and O–H groups in total. The predicted molar refractivity (Wildman–Crippen MR) is 106 cm³/mol. The second kappa shape index (κ2) is 11.5. The molecule has 2 amide bonds. The summed E-state index contributed by atoms with van der Waals surface area (Å²) in [6, 6.07) is 8.07. The number of hydrogen-bond acceptors (Lipinski definition) is 5. The molecule has 2 rings (SSSR count). The molecule has 7 nitrogen and oxygen atoms in total. The van der Waals surface area contributed by atoms with E-state index in [1.54, 1.807) is 0 Å². The number of carbonyl (C=O) groups is 2. The lowest BCUT2D eigenvalue weighted by Gasteiger charge is -2.13. The standard InChI is InChI=1S/C20H19ClF4N2O5/c21-16-6-1-12(9-17(16)22)19(30)27-10-13(28)7-8-26-18(29)11-31-14-2-4-15(5-3-14)32-20(23,24)25/h1-6,9,13,28H,7-8,10-11H2,(H,26,29)(H,27,30)/t13-/m0/s1. The van der Waals surface area contributed by atoms with Gasteiger partial charge in [-0.25, -0.2) is 4.39 Å². The van der Waals surface area contributed by atoms with E-state index in [0.717, 1.165) is 18.2 Å². The average Bonchev–Trinajstić information content (AvgIpc) is 2.72. The van der Waals surface area contributed by atoms with Gasteiger partial charge in [-0.2, -0.15) is 0 Å². The first-order valence-electron chi connectivity index (χ1n) is 9.20. The van der Waals surface area contributed by atoms with Crippen molar-refractivity contribution in [2.24, 2.45) is 0 Å². The first kappa shape index (κ1) is 25.2. The maximum Gasteiger partial charge on any atom is 0.573 e. The number of aliphatic hydroxyl groups is 1. The quantitative estimate of drug-likeness (QED) is 0.456. The van der Waals surface area contributed by atoms with Crippen LogP contribution in [0.15, 0.2) is 42.5 Å². The molecule has 2 aromatic carbocycles. The summed E-state index contributed by atoms with van der Waals surface area (Å²) in [5, 5.41) is 14.7. The Bertz CT molecular complexity index is 925. The monoisotopic (exact) mass is 478 g/mol. The highest BCUT2D eigenvalue weighted by molar-refractivity contribution is 6.30. The number of ether oxygens (including phenoxy) is 2. The maximum atomic E-state index is 13.4. The average molecular weight is 479 g/mol. The Hall–Kier alpha value is -3.05. The summed E-state index contributed by atoms with van der Waals surface area (Å²) < 4.78 is 58.5. The molecule has 0 aliphatic rings. The number of nitrogens with one attached hydrogen (secondary N) is 2. The Morgan fingerprint density at radius 3 is 2.34 bits per heavy atom. The minimum absolute atomic E-state index is 0.0440. The molecule has 0 heterocycles. The summed E-state index contributed by atoms with van der Waals surface area (Å²) in [6.45, 7) is -0.441. The molecular formula is C20H19ClF4N2O5. The van der Waals surface area contributed by atoms with Gasteiger partial charge in [-0.15, -0.1) is 13.2 Å². The molecule has 32 heavy (non-hydrogen) atoms. The maximum absolute atomic E-state index is 13.4. The minimum atomic E-state index is -4.80. The van der Waals surface area contributed by atoms with Crippen molar-refractivity contribution in [3.8, 4) is 11.5 Å². The predicted octanol–water partition coefficient (Wildman–Crippen LogP) is 3.05. The molecule has 0 fully saturated rings. The normalized spacial score (nSPS) is 12.1. The van der Waals surface area contributed by atoms with Crippen LogP contribution in [0.1, 0.15) is 16.8 Å². The Kier molecular flexibility index (Phi) is 9.09. The summed E-state index contributed by atoms with van der Waals surface area (Å²) in [5.41, 5.74) is 0.0440. The molecular weight excluding hydrogens is 460 g/mol. The lowest BCUT2D eigenvalue weighted by molar-refractivity contribution is -0.274. The molecule has 0 aromatic heterocycles. The summed E-state index contributed by atoms with van der Waals surface area (Å²) in [6.07, 6.45) is -5.66. The fourth-order valence-electron chi connectivity index (χ4n) is 2.37. The van der Waals surface area contributed by atoms with E-state index in [4.69, 9.17) is 16.3 Å². The van der Waals surface area contributed by atoms with E-state index in [0.29, 0.717) is 0 Å². The zero-order valence-electron chi connectivity index (χ0n) is 16.4. The molecule has 12 heteroatoms. The number of amides is 2. The number of hydrogen-bond donors (Lipinski definition) is 3. The first-order valence-corrected chi connectivity index (χ1v) is 9.58. The van der Waals surface area contributed by atoms with Crippen LogP contribution in [0.2, 0.25) is 5.02 Å². The van der Waals surface area contributed by atoms with Crippen LogP contribution in [0.5, 0.6) is 11.5 Å². The third-order valence-corrected chi connectivity index (χ3v) is 4.21. The zero-order chi connectivity index (χ0) is 23.7. The van der Waals surface area contributed by atoms with Gasteiger partial charge in [0.15, 0.2) is 6.61 Å². The largest absolute Gasteiger partial charge is 0.573 e. The van der Waals surface area contributed by atoms with Crippen molar-refractivity contribution in [2.75, 3.05) is 19.7 Å². The van der Waals surface area contributed by atoms with Crippen molar-refractivity contribution in [1.82, 2.24) is 10.6 Å². The fourth-order valence-corrected chi connectivity index (χ4v) is 2.49. The number of aliphatic hydroxyl groups excluding tert-OH is 1. The van der Waals surface area contributed by atoms with Gasteiger partial charge < -0.3 is 25.2 Å². The van der Waals surface area contributed by atoms with E-state index < -0.39 is 42.5 Å². The van der Waals surface area contributed by atoms with E-state index in [2.05, 4.69) is 15.4 Å². The summed E-state index contributed by atoms with van der Waals surface area (Å²) in [5.74, 6) is -2.11. The number of benzene rings is 2. The smallest absolute Gasteiger partial charge is 0.484 e. The summed E-state index contributed by atoms with van der Waals surface area (Å²) >= 11 is 5.55. The molecule has 0 aliphatic heterocycles. The molecule has 0 spiro atoms. The van der Waals surface area contributed by atoms with Crippen molar-refractivity contribution in [2.45, 2.75) is 18.9 Å². The molecule has 0 unspecified atom stereocenters. The highest BCUT2D eigenvalue weighted by atomic mass is 35.5. The highest BCUT2D eigenvalue weighted by Crippen LogP contribution is 2.24. The summed E-state index contributed by atoms with van der Waals surface area (Å²) in [4.78, 5) is 23.7. The van der Waals surface area contributed by atoms with Crippen LogP contribution in [0.25, 0.3) is 0 Å². The Labute approximate surface area is 185 Å². The van der Waals surface area contributed by atoms with E-state index in [1.807, 2.05) is 0 Å². The van der Waals surface area contributed by atoms with Gasteiger partial charge in [0.2, 0.25) is 0 Å². The van der Waals surface area contributed by atoms with E-state index in [9.17, 15) is 32.3 Å². The second-order valence-electron chi connectivity index (χ2n) is 6.44. The molecule has 0 radical (unpaired) electrons. The van der Waals surface area contributed by atoms with Crippen LogP contribution in [0.4, 0.5) is 17.6 Å². The van der Waals surface area contributed by atoms with Crippen LogP contribution in [0.3, 0.4) is 0 Å². The molecule has 0 saturated heterocycles. The molecule has 0 aliphatic carbocycles. The van der Waals surface area contributed by atoms with Crippen LogP contribution in [-0.2, 0) is 4.79 Å². The van der Waals surface area contributed by atoms with Gasteiger partial charge in [0.25, 0.3) is 11.8 Å². The molecule has 0 bridgehead atoms. The van der Waals surface area contributed by atoms with Crippen LogP contribution in [0, 0.1) is 5.82 Å². The van der Waals surface area contributed by atoms with E-state index in [-0.39, 0.29) is 35.8 Å². The third kappa shape index (κ3) is 8.98. The third-order valence-electron chi connectivity index (χ3n) is 3.91. The van der Waals surface area contributed by atoms with Gasteiger partial charge in [0.1, 0.15) is 17.3 Å². The second-order valence-corrected chi connectivity index (χ2v) is 6.85. The van der Waals surface area contributed by atoms with E-state index >= 15 is 0 Å². The van der Waals surface area contributed by atoms with Gasteiger partial charge >= 0.3 is 6.36 Å². The van der Waals surface area contributed by atoms with Crippen LogP contribution >= 0.6 is 11.6 Å². The van der Waals surface area contributed by atoms with Crippen molar-refractivity contribution in [3.63, 3.8) is 0 Å². The van der Waals surface area contributed by atoms with Gasteiger partial charge in [-0.3, -0.25) is 9.59 Å². The van der Waals surface area contributed by atoms with Gasteiger partial charge in [0, 0.05) is 18.7 Å². The van der Waals surface area contributed by atoms with Crippen molar-refractivity contribution in [1.29, 1.82) is 0 Å². The molecule has 2 aromatic rings. The molecule has 174 valence electrons. The Morgan fingerprint density at radius 1 is 1.06 bits per heavy atom. The Balaban J connectivity index is 1.63. The molecule has 0 saturated carbocycles. The topological polar surface area (TPSA) is 96.9 Å². The van der Waals surface area contributed by atoms with Crippen LogP contribution < -0.4 is 20.1 Å². The van der Waals surface area contributed by atoms with Gasteiger partial charge in [-0.05, 0) is 48.9 Å².